The van der Waals surface area contributed by atoms with E-state index in [-0.39, 0.29) is 5.75 Å². The molecular formula is C22H14O3. The Bertz CT molecular complexity index is 1290. The molecule has 2 aliphatic rings. The molecule has 0 amide bonds. The summed E-state index contributed by atoms with van der Waals surface area (Å²) in [6, 6.07) is 17.5. The van der Waals surface area contributed by atoms with Crippen LogP contribution in [0.4, 0.5) is 0 Å². The predicted octanol–water partition coefficient (Wildman–Crippen LogP) is 3.00. The van der Waals surface area contributed by atoms with Crippen LogP contribution in [0.1, 0.15) is 17.2 Å². The Morgan fingerprint density at radius 2 is 1.52 bits per heavy atom. The zero-order valence-electron chi connectivity index (χ0n) is 13.2. The first kappa shape index (κ1) is 13.4. The van der Waals surface area contributed by atoms with E-state index >= 15 is 0 Å². The summed E-state index contributed by atoms with van der Waals surface area (Å²) in [6.07, 6.45) is -1.98. The van der Waals surface area contributed by atoms with Crippen LogP contribution < -0.4 is 5.22 Å². The van der Waals surface area contributed by atoms with Crippen molar-refractivity contribution in [3.8, 4) is 16.9 Å². The van der Waals surface area contributed by atoms with Gasteiger partial charge in [-0.15, -0.1) is 0 Å². The molecule has 0 saturated heterocycles. The van der Waals surface area contributed by atoms with E-state index in [1.165, 1.54) is 0 Å². The quantitative estimate of drug-likeness (QED) is 0.465. The van der Waals surface area contributed by atoms with Gasteiger partial charge >= 0.3 is 0 Å². The number of aromatic hydroxyl groups is 1. The number of phenolic OH excluding ortho intramolecular Hbond substituents is 1. The fourth-order valence-corrected chi connectivity index (χ4v) is 4.72. The van der Waals surface area contributed by atoms with Crippen LogP contribution in [0.2, 0.25) is 0 Å². The van der Waals surface area contributed by atoms with E-state index in [1.807, 2.05) is 54.6 Å². The Kier molecular flexibility index (Phi) is 2.25. The van der Waals surface area contributed by atoms with Crippen molar-refractivity contribution in [2.75, 3.05) is 0 Å². The van der Waals surface area contributed by atoms with Crippen LogP contribution in [0.25, 0.3) is 38.2 Å². The molecule has 120 valence electrons. The SMILES string of the molecule is Oc1c2c3c4c(ccc5cccc1c54)[C@@H](O)[C@H](O)C=3c1ccccc1-2. The monoisotopic (exact) mass is 326 g/mol. The summed E-state index contributed by atoms with van der Waals surface area (Å²) in [6.45, 7) is 0. The topological polar surface area (TPSA) is 60.7 Å². The standard InChI is InChI=1S/C22H14O3/c23-20-13-7-3-4-10-8-9-14-16(15(10)13)19-17(20)11-5-1-2-6-12(11)18(19)22(25)21(14)24/h1-9,21-25H/t21-,22-/m1/s1. The van der Waals surface area contributed by atoms with Gasteiger partial charge in [-0.3, -0.25) is 0 Å². The summed E-state index contributed by atoms with van der Waals surface area (Å²) in [4.78, 5) is 0. The largest absolute Gasteiger partial charge is 0.507 e. The molecule has 0 spiro atoms. The summed E-state index contributed by atoms with van der Waals surface area (Å²) < 4.78 is 0. The molecule has 3 nitrogen and oxygen atoms in total. The summed E-state index contributed by atoms with van der Waals surface area (Å²) in [7, 11) is 0. The lowest BCUT2D eigenvalue weighted by molar-refractivity contribution is 0.0538. The number of aliphatic hydroxyl groups is 2. The second kappa shape index (κ2) is 4.20. The van der Waals surface area contributed by atoms with Crippen LogP contribution in [-0.2, 0) is 0 Å². The van der Waals surface area contributed by atoms with Crippen molar-refractivity contribution < 1.29 is 15.3 Å². The van der Waals surface area contributed by atoms with E-state index in [0.717, 1.165) is 54.6 Å². The Hall–Kier alpha value is -2.88. The lowest BCUT2D eigenvalue weighted by Crippen LogP contribution is -2.30. The third-order valence-corrected chi connectivity index (χ3v) is 5.74. The molecule has 3 heteroatoms. The molecule has 25 heavy (non-hydrogen) atoms. The first-order chi connectivity index (χ1) is 12.2. The Balaban J connectivity index is 2.03. The maximum Gasteiger partial charge on any atom is 0.131 e. The summed E-state index contributed by atoms with van der Waals surface area (Å²) in [5.41, 5.74) is 4.02. The molecule has 6 rings (SSSR count). The first-order valence-electron chi connectivity index (χ1n) is 8.38. The van der Waals surface area contributed by atoms with Gasteiger partial charge < -0.3 is 15.3 Å². The van der Waals surface area contributed by atoms with Gasteiger partial charge in [-0.25, -0.2) is 0 Å². The van der Waals surface area contributed by atoms with Gasteiger partial charge in [0.1, 0.15) is 18.0 Å². The fraction of sp³-hybridized carbons (Fsp3) is 0.0909. The van der Waals surface area contributed by atoms with Crippen LogP contribution >= 0.6 is 0 Å². The lowest BCUT2D eigenvalue weighted by Gasteiger charge is -2.27. The van der Waals surface area contributed by atoms with Gasteiger partial charge in [0.15, 0.2) is 0 Å². The van der Waals surface area contributed by atoms with Gasteiger partial charge in [0.2, 0.25) is 0 Å². The van der Waals surface area contributed by atoms with Gasteiger partial charge in [-0.2, -0.15) is 0 Å². The van der Waals surface area contributed by atoms with E-state index < -0.39 is 12.2 Å². The van der Waals surface area contributed by atoms with Crippen molar-refractivity contribution in [3.63, 3.8) is 0 Å². The van der Waals surface area contributed by atoms with E-state index in [2.05, 4.69) is 0 Å². The summed E-state index contributed by atoms with van der Waals surface area (Å²) >= 11 is 0. The molecule has 0 radical (unpaired) electrons. The van der Waals surface area contributed by atoms with Crippen molar-refractivity contribution in [1.29, 1.82) is 0 Å². The number of hydrogen-bond acceptors (Lipinski definition) is 3. The van der Waals surface area contributed by atoms with Gasteiger partial charge in [0, 0.05) is 21.6 Å². The van der Waals surface area contributed by atoms with Crippen LogP contribution in [0.15, 0.2) is 54.6 Å². The summed E-state index contributed by atoms with van der Waals surface area (Å²) in [5.74, 6) is 0.247. The molecule has 2 aliphatic carbocycles. The van der Waals surface area contributed by atoms with Crippen molar-refractivity contribution in [3.05, 3.63) is 70.9 Å². The van der Waals surface area contributed by atoms with Gasteiger partial charge in [-0.05, 0) is 33.0 Å². The highest BCUT2D eigenvalue weighted by atomic mass is 16.3. The average Bonchev–Trinajstić information content (AvgIpc) is 2.99. The van der Waals surface area contributed by atoms with Gasteiger partial charge in [-0.1, -0.05) is 54.6 Å². The van der Waals surface area contributed by atoms with Crippen LogP contribution in [-0.4, -0.2) is 21.4 Å². The molecule has 0 bridgehead atoms. The van der Waals surface area contributed by atoms with Crippen LogP contribution in [0.3, 0.4) is 0 Å². The number of aliphatic hydroxyl groups excluding tert-OH is 2. The van der Waals surface area contributed by atoms with Crippen LogP contribution in [0, 0.1) is 0 Å². The van der Waals surface area contributed by atoms with Crippen molar-refractivity contribution >= 4 is 27.1 Å². The maximum absolute atomic E-state index is 11.1. The van der Waals surface area contributed by atoms with Crippen molar-refractivity contribution in [2.24, 2.45) is 0 Å². The molecule has 0 heterocycles. The minimum atomic E-state index is -1.00. The van der Waals surface area contributed by atoms with Gasteiger partial charge in [0.05, 0.1) is 0 Å². The third kappa shape index (κ3) is 1.37. The molecule has 3 N–H and O–H groups in total. The van der Waals surface area contributed by atoms with Crippen LogP contribution in [0.5, 0.6) is 5.75 Å². The number of hydrogen-bond donors (Lipinski definition) is 3. The minimum Gasteiger partial charge on any atom is -0.507 e. The number of phenols is 1. The smallest absolute Gasteiger partial charge is 0.131 e. The third-order valence-electron chi connectivity index (χ3n) is 5.74. The van der Waals surface area contributed by atoms with Crippen molar-refractivity contribution in [1.82, 2.24) is 0 Å². The predicted molar refractivity (Wildman–Crippen MR) is 97.2 cm³/mol. The van der Waals surface area contributed by atoms with E-state index in [4.69, 9.17) is 0 Å². The van der Waals surface area contributed by atoms with E-state index in [1.54, 1.807) is 0 Å². The highest BCUT2D eigenvalue weighted by Gasteiger charge is 2.37. The Labute approximate surface area is 143 Å². The molecule has 0 unspecified atom stereocenters. The molecule has 2 atom stereocenters. The Morgan fingerprint density at radius 1 is 0.720 bits per heavy atom. The normalized spacial score (nSPS) is 20.5. The minimum absolute atomic E-state index is 0.247. The number of fused-ring (bicyclic) bond motifs is 3. The van der Waals surface area contributed by atoms with E-state index in [0.29, 0.717) is 0 Å². The summed E-state index contributed by atoms with van der Waals surface area (Å²) in [5, 5.41) is 37.3. The number of rotatable bonds is 0. The lowest BCUT2D eigenvalue weighted by atomic mass is 9.83. The molecule has 4 aromatic carbocycles. The number of benzene rings is 4. The highest BCUT2D eigenvalue weighted by molar-refractivity contribution is 6.19. The zero-order valence-corrected chi connectivity index (χ0v) is 13.2. The average molecular weight is 326 g/mol. The maximum atomic E-state index is 11.1. The second-order valence-corrected chi connectivity index (χ2v) is 6.88. The first-order valence-corrected chi connectivity index (χ1v) is 8.38. The molecule has 0 fully saturated rings. The van der Waals surface area contributed by atoms with Crippen molar-refractivity contribution in [2.45, 2.75) is 12.2 Å². The fourth-order valence-electron chi connectivity index (χ4n) is 4.72. The molecular weight excluding hydrogens is 312 g/mol. The highest BCUT2D eigenvalue weighted by Crippen LogP contribution is 2.48. The molecule has 0 aromatic heterocycles. The molecule has 0 saturated carbocycles. The second-order valence-electron chi connectivity index (χ2n) is 6.88. The zero-order chi connectivity index (χ0) is 16.9. The molecule has 0 aliphatic heterocycles. The molecule has 4 aromatic rings. The van der Waals surface area contributed by atoms with Gasteiger partial charge in [0.25, 0.3) is 0 Å². The van der Waals surface area contributed by atoms with E-state index in [9.17, 15) is 15.3 Å². The Morgan fingerprint density at radius 3 is 2.36 bits per heavy atom.